The van der Waals surface area contributed by atoms with Crippen LogP contribution in [0.5, 0.6) is 11.5 Å². The van der Waals surface area contributed by atoms with Crippen molar-refractivity contribution in [2.75, 3.05) is 11.9 Å². The Hall–Kier alpha value is -3.79. The van der Waals surface area contributed by atoms with Crippen LogP contribution in [-0.2, 0) is 4.79 Å². The third-order valence-corrected chi connectivity index (χ3v) is 3.93. The van der Waals surface area contributed by atoms with Crippen LogP contribution in [0.25, 0.3) is 5.69 Å². The van der Waals surface area contributed by atoms with Gasteiger partial charge in [0.2, 0.25) is 6.10 Å². The first-order valence-corrected chi connectivity index (χ1v) is 7.99. The van der Waals surface area contributed by atoms with Crippen molar-refractivity contribution in [3.63, 3.8) is 0 Å². The van der Waals surface area contributed by atoms with Crippen molar-refractivity contribution in [1.29, 1.82) is 5.26 Å². The molecule has 1 aromatic heterocycles. The molecule has 1 aliphatic rings. The fourth-order valence-electron chi connectivity index (χ4n) is 2.66. The van der Waals surface area contributed by atoms with Gasteiger partial charge in [0.1, 0.15) is 18.2 Å². The molecule has 2 aromatic carbocycles. The zero-order valence-electron chi connectivity index (χ0n) is 13.6. The number of hydrogen-bond acceptors (Lipinski definition) is 5. The molecule has 3 aromatic rings. The van der Waals surface area contributed by atoms with Crippen LogP contribution in [-0.4, -0.2) is 28.4 Å². The molecule has 7 heteroatoms. The van der Waals surface area contributed by atoms with Crippen molar-refractivity contribution >= 4 is 11.7 Å². The highest BCUT2D eigenvalue weighted by atomic mass is 16.6. The van der Waals surface area contributed by atoms with Gasteiger partial charge in [-0.2, -0.15) is 10.4 Å². The van der Waals surface area contributed by atoms with E-state index in [1.54, 1.807) is 18.2 Å². The minimum atomic E-state index is -0.824. The van der Waals surface area contributed by atoms with Crippen molar-refractivity contribution in [2.45, 2.75) is 6.10 Å². The van der Waals surface area contributed by atoms with Crippen LogP contribution in [0.3, 0.4) is 0 Å². The first-order chi connectivity index (χ1) is 12.8. The van der Waals surface area contributed by atoms with Crippen LogP contribution in [0, 0.1) is 11.3 Å². The molecule has 0 spiro atoms. The number of aromatic nitrogens is 2. The maximum absolute atomic E-state index is 12.7. The van der Waals surface area contributed by atoms with E-state index in [0.29, 0.717) is 17.3 Å². The number of nitrogens with zero attached hydrogens (tertiary/aromatic N) is 3. The number of para-hydroxylation sites is 3. The minimum Gasteiger partial charge on any atom is -0.485 e. The second-order valence-electron chi connectivity index (χ2n) is 5.62. The average Bonchev–Trinajstić information content (AvgIpc) is 3.10. The van der Waals surface area contributed by atoms with E-state index in [-0.39, 0.29) is 12.2 Å². The van der Waals surface area contributed by atoms with Gasteiger partial charge >= 0.3 is 0 Å². The molecule has 7 nitrogen and oxygen atoms in total. The van der Waals surface area contributed by atoms with Gasteiger partial charge in [0.05, 0.1) is 11.9 Å². The summed E-state index contributed by atoms with van der Waals surface area (Å²) in [4.78, 5) is 12.7. The maximum Gasteiger partial charge on any atom is 0.270 e. The molecule has 2 heterocycles. The lowest BCUT2D eigenvalue weighted by Gasteiger charge is -2.25. The average molecular weight is 346 g/mol. The predicted molar refractivity (Wildman–Crippen MR) is 93.3 cm³/mol. The Balaban J connectivity index is 1.59. The zero-order valence-corrected chi connectivity index (χ0v) is 13.6. The third kappa shape index (κ3) is 2.84. The summed E-state index contributed by atoms with van der Waals surface area (Å²) in [5, 5.41) is 16.3. The lowest BCUT2D eigenvalue weighted by atomic mass is 10.2. The molecule has 0 fully saturated rings. The number of carbonyl (C=O) groups excluding carboxylic acids is 1. The minimum absolute atomic E-state index is 0.0875. The summed E-state index contributed by atoms with van der Waals surface area (Å²) in [6, 6.07) is 18.4. The van der Waals surface area contributed by atoms with Gasteiger partial charge < -0.3 is 14.8 Å². The van der Waals surface area contributed by atoms with Crippen LogP contribution in [0.15, 0.2) is 60.8 Å². The molecule has 1 aliphatic heterocycles. The quantitative estimate of drug-likeness (QED) is 0.787. The number of nitrogens with one attached hydrogen (secondary N) is 1. The molecule has 4 rings (SSSR count). The number of benzene rings is 2. The van der Waals surface area contributed by atoms with Gasteiger partial charge in [-0.3, -0.25) is 4.79 Å². The van der Waals surface area contributed by atoms with Gasteiger partial charge in [0.25, 0.3) is 5.91 Å². The largest absolute Gasteiger partial charge is 0.485 e. The Bertz CT molecular complexity index is 992. The van der Waals surface area contributed by atoms with E-state index in [1.807, 2.05) is 42.5 Å². The standard InChI is InChI=1S/C19H14N4O3/c20-10-13-11-21-23(14-6-2-1-3-7-14)18(13)22-19(24)17-12-25-15-8-4-5-9-16(15)26-17/h1-9,11,17H,12H2,(H,22,24). The van der Waals surface area contributed by atoms with E-state index in [4.69, 9.17) is 9.47 Å². The summed E-state index contributed by atoms with van der Waals surface area (Å²) >= 11 is 0. The highest BCUT2D eigenvalue weighted by Gasteiger charge is 2.29. The van der Waals surface area contributed by atoms with Gasteiger partial charge in [0, 0.05) is 0 Å². The second kappa shape index (κ2) is 6.61. The van der Waals surface area contributed by atoms with E-state index in [0.717, 1.165) is 5.69 Å². The molecule has 0 radical (unpaired) electrons. The molecule has 26 heavy (non-hydrogen) atoms. The second-order valence-corrected chi connectivity index (χ2v) is 5.62. The van der Waals surface area contributed by atoms with E-state index in [2.05, 4.69) is 10.4 Å². The van der Waals surface area contributed by atoms with Crippen molar-refractivity contribution in [3.05, 3.63) is 66.4 Å². The monoisotopic (exact) mass is 346 g/mol. The number of fused-ring (bicyclic) bond motifs is 1. The van der Waals surface area contributed by atoms with Gasteiger partial charge in [-0.25, -0.2) is 4.68 Å². The first kappa shape index (κ1) is 15.7. The fourth-order valence-corrected chi connectivity index (χ4v) is 2.66. The number of hydrogen-bond donors (Lipinski definition) is 1. The number of nitriles is 1. The summed E-state index contributed by atoms with van der Waals surface area (Å²) in [7, 11) is 0. The third-order valence-electron chi connectivity index (χ3n) is 3.93. The molecular weight excluding hydrogens is 332 g/mol. The van der Waals surface area contributed by atoms with E-state index < -0.39 is 12.0 Å². The fraction of sp³-hybridized carbons (Fsp3) is 0.105. The van der Waals surface area contributed by atoms with Crippen LogP contribution in [0.4, 0.5) is 5.82 Å². The summed E-state index contributed by atoms with van der Waals surface area (Å²) in [6.45, 7) is 0.0875. The summed E-state index contributed by atoms with van der Waals surface area (Å²) in [6.07, 6.45) is 0.589. The normalized spacial score (nSPS) is 15.1. The van der Waals surface area contributed by atoms with Crippen molar-refractivity contribution in [2.24, 2.45) is 0 Å². The molecule has 1 N–H and O–H groups in total. The lowest BCUT2D eigenvalue weighted by molar-refractivity contribution is -0.125. The maximum atomic E-state index is 12.7. The number of carbonyl (C=O) groups is 1. The molecule has 1 unspecified atom stereocenters. The molecule has 0 saturated carbocycles. The Labute approximate surface area is 149 Å². The van der Waals surface area contributed by atoms with E-state index in [1.165, 1.54) is 10.9 Å². The van der Waals surface area contributed by atoms with E-state index >= 15 is 0 Å². The van der Waals surface area contributed by atoms with Gasteiger partial charge in [-0.1, -0.05) is 30.3 Å². The predicted octanol–water partition coefficient (Wildman–Crippen LogP) is 2.52. The highest BCUT2D eigenvalue weighted by Crippen LogP contribution is 2.31. The van der Waals surface area contributed by atoms with Crippen LogP contribution in [0.2, 0.25) is 0 Å². The van der Waals surface area contributed by atoms with E-state index in [9.17, 15) is 10.1 Å². The summed E-state index contributed by atoms with van der Waals surface area (Å²) < 4.78 is 12.8. The number of anilines is 1. The molecule has 0 saturated heterocycles. The topological polar surface area (TPSA) is 89.2 Å². The van der Waals surface area contributed by atoms with Crippen LogP contribution < -0.4 is 14.8 Å². The van der Waals surface area contributed by atoms with Gasteiger partial charge in [0.15, 0.2) is 17.3 Å². The summed E-state index contributed by atoms with van der Waals surface area (Å²) in [5.74, 6) is 0.999. The Kier molecular flexibility index (Phi) is 4.00. The number of rotatable bonds is 3. The smallest absolute Gasteiger partial charge is 0.270 e. The Morgan fingerprint density at radius 1 is 1.15 bits per heavy atom. The molecular formula is C19H14N4O3. The lowest BCUT2D eigenvalue weighted by Crippen LogP contribution is -2.40. The Morgan fingerprint density at radius 2 is 1.88 bits per heavy atom. The molecule has 0 bridgehead atoms. The van der Waals surface area contributed by atoms with Crippen LogP contribution in [0.1, 0.15) is 5.56 Å². The van der Waals surface area contributed by atoms with Crippen molar-refractivity contribution < 1.29 is 14.3 Å². The Morgan fingerprint density at radius 3 is 2.65 bits per heavy atom. The van der Waals surface area contributed by atoms with Crippen molar-refractivity contribution in [3.8, 4) is 23.3 Å². The zero-order chi connectivity index (χ0) is 17.9. The van der Waals surface area contributed by atoms with Gasteiger partial charge in [-0.15, -0.1) is 0 Å². The summed E-state index contributed by atoms with van der Waals surface area (Å²) in [5.41, 5.74) is 0.995. The number of ether oxygens (including phenoxy) is 2. The van der Waals surface area contributed by atoms with Crippen molar-refractivity contribution in [1.82, 2.24) is 9.78 Å². The first-order valence-electron chi connectivity index (χ1n) is 7.99. The van der Waals surface area contributed by atoms with Gasteiger partial charge in [-0.05, 0) is 24.3 Å². The number of amides is 1. The molecule has 1 amide bonds. The molecule has 0 aliphatic carbocycles. The van der Waals surface area contributed by atoms with Crippen LogP contribution >= 0.6 is 0 Å². The molecule has 1 atom stereocenters. The SMILES string of the molecule is N#Cc1cnn(-c2ccccc2)c1NC(=O)C1COc2ccccc2O1. The molecule has 128 valence electrons. The highest BCUT2D eigenvalue weighted by molar-refractivity contribution is 5.95.